The minimum absolute atomic E-state index is 0.157. The highest BCUT2D eigenvalue weighted by atomic mass is 16.3. The highest BCUT2D eigenvalue weighted by Crippen LogP contribution is 2.20. The van der Waals surface area contributed by atoms with Crippen LogP contribution in [0.1, 0.15) is 23.1 Å². The molecule has 0 saturated carbocycles. The number of hydrogen-bond acceptors (Lipinski definition) is 4. The fraction of sp³-hybridized carbons (Fsp3) is 0.462. The molecule has 1 atom stereocenters. The Balaban J connectivity index is 2.08. The van der Waals surface area contributed by atoms with Crippen molar-refractivity contribution in [2.45, 2.75) is 19.5 Å². The van der Waals surface area contributed by atoms with E-state index in [1.807, 2.05) is 45.5 Å². The van der Waals surface area contributed by atoms with Gasteiger partial charge in [0.15, 0.2) is 0 Å². The van der Waals surface area contributed by atoms with E-state index in [0.717, 1.165) is 23.6 Å². The number of furan rings is 1. The standard InChI is InChI=1S/C13H20N4O/c1-10-4-5-12(18-10)9-16(2)13(6-14)11-7-15-17(3)8-11/h4-5,7-8,13H,6,9,14H2,1-3H3. The maximum Gasteiger partial charge on any atom is 0.118 e. The van der Waals surface area contributed by atoms with Gasteiger partial charge >= 0.3 is 0 Å². The van der Waals surface area contributed by atoms with Crippen molar-refractivity contribution in [2.24, 2.45) is 12.8 Å². The number of aryl methyl sites for hydroxylation is 2. The zero-order valence-electron chi connectivity index (χ0n) is 11.1. The fourth-order valence-electron chi connectivity index (χ4n) is 2.11. The first-order valence-electron chi connectivity index (χ1n) is 6.04. The minimum atomic E-state index is 0.157. The van der Waals surface area contributed by atoms with Crippen LogP contribution in [0.4, 0.5) is 0 Å². The number of nitrogens with zero attached hydrogens (tertiary/aromatic N) is 3. The Morgan fingerprint density at radius 1 is 1.50 bits per heavy atom. The van der Waals surface area contributed by atoms with Crippen molar-refractivity contribution in [2.75, 3.05) is 13.6 Å². The van der Waals surface area contributed by atoms with Crippen LogP contribution in [0.5, 0.6) is 0 Å². The van der Waals surface area contributed by atoms with Crippen LogP contribution in [0, 0.1) is 6.92 Å². The summed E-state index contributed by atoms with van der Waals surface area (Å²) < 4.78 is 7.38. The third-order valence-electron chi connectivity index (χ3n) is 3.07. The largest absolute Gasteiger partial charge is 0.465 e. The molecule has 0 aliphatic rings. The lowest BCUT2D eigenvalue weighted by molar-refractivity contribution is 0.221. The van der Waals surface area contributed by atoms with Crippen LogP contribution >= 0.6 is 0 Å². The molecule has 2 rings (SSSR count). The molecule has 0 aromatic carbocycles. The molecule has 0 amide bonds. The number of rotatable bonds is 5. The molecule has 18 heavy (non-hydrogen) atoms. The van der Waals surface area contributed by atoms with E-state index in [9.17, 15) is 0 Å². The third-order valence-corrected chi connectivity index (χ3v) is 3.07. The van der Waals surface area contributed by atoms with Gasteiger partial charge in [0, 0.05) is 25.4 Å². The van der Waals surface area contributed by atoms with E-state index >= 15 is 0 Å². The van der Waals surface area contributed by atoms with E-state index in [-0.39, 0.29) is 6.04 Å². The van der Waals surface area contributed by atoms with Gasteiger partial charge in [0.05, 0.1) is 18.8 Å². The quantitative estimate of drug-likeness (QED) is 0.870. The van der Waals surface area contributed by atoms with Crippen LogP contribution in [0.15, 0.2) is 28.9 Å². The predicted molar refractivity (Wildman–Crippen MR) is 69.9 cm³/mol. The number of aromatic nitrogens is 2. The summed E-state index contributed by atoms with van der Waals surface area (Å²) in [6, 6.07) is 4.14. The lowest BCUT2D eigenvalue weighted by Crippen LogP contribution is -2.29. The van der Waals surface area contributed by atoms with Crippen molar-refractivity contribution in [3.8, 4) is 0 Å². The topological polar surface area (TPSA) is 60.2 Å². The fourth-order valence-corrected chi connectivity index (χ4v) is 2.11. The maximum absolute atomic E-state index is 5.86. The molecule has 0 aliphatic heterocycles. The molecule has 5 heteroatoms. The Kier molecular flexibility index (Phi) is 3.84. The Labute approximate surface area is 107 Å². The van der Waals surface area contributed by atoms with Crippen molar-refractivity contribution in [1.82, 2.24) is 14.7 Å². The number of likely N-dealkylation sites (N-methyl/N-ethyl adjacent to an activating group) is 1. The van der Waals surface area contributed by atoms with Crippen molar-refractivity contribution in [1.29, 1.82) is 0 Å². The Hall–Kier alpha value is -1.59. The van der Waals surface area contributed by atoms with Gasteiger partial charge in [-0.15, -0.1) is 0 Å². The molecule has 0 saturated heterocycles. The second-order valence-electron chi connectivity index (χ2n) is 4.63. The smallest absolute Gasteiger partial charge is 0.118 e. The van der Waals surface area contributed by atoms with Crippen molar-refractivity contribution >= 4 is 0 Å². The molecule has 2 N–H and O–H groups in total. The van der Waals surface area contributed by atoms with E-state index in [0.29, 0.717) is 6.54 Å². The third kappa shape index (κ3) is 2.80. The van der Waals surface area contributed by atoms with E-state index < -0.39 is 0 Å². The molecule has 2 aromatic rings. The first-order chi connectivity index (χ1) is 8.60. The summed E-state index contributed by atoms with van der Waals surface area (Å²) in [6.07, 6.45) is 3.86. The normalized spacial score (nSPS) is 13.2. The van der Waals surface area contributed by atoms with Gasteiger partial charge in [-0.25, -0.2) is 0 Å². The summed E-state index contributed by atoms with van der Waals surface area (Å²) >= 11 is 0. The average Bonchev–Trinajstić information content (AvgIpc) is 2.89. The molecule has 0 radical (unpaired) electrons. The summed E-state index contributed by atoms with van der Waals surface area (Å²) in [6.45, 7) is 3.25. The van der Waals surface area contributed by atoms with Crippen molar-refractivity contribution in [3.63, 3.8) is 0 Å². The van der Waals surface area contributed by atoms with Gasteiger partial charge in [-0.05, 0) is 26.1 Å². The molecule has 0 aliphatic carbocycles. The van der Waals surface area contributed by atoms with Crippen LogP contribution in [-0.2, 0) is 13.6 Å². The highest BCUT2D eigenvalue weighted by Gasteiger charge is 2.18. The zero-order chi connectivity index (χ0) is 13.1. The van der Waals surface area contributed by atoms with E-state index in [4.69, 9.17) is 10.2 Å². The van der Waals surface area contributed by atoms with E-state index in [1.54, 1.807) is 4.68 Å². The van der Waals surface area contributed by atoms with Gasteiger partial charge < -0.3 is 10.2 Å². The molecule has 2 heterocycles. The second kappa shape index (κ2) is 5.37. The summed E-state index contributed by atoms with van der Waals surface area (Å²) in [4.78, 5) is 2.18. The molecule has 0 spiro atoms. The summed E-state index contributed by atoms with van der Waals surface area (Å²) in [5.41, 5.74) is 6.99. The van der Waals surface area contributed by atoms with Crippen LogP contribution in [-0.4, -0.2) is 28.3 Å². The highest BCUT2D eigenvalue weighted by molar-refractivity contribution is 5.12. The maximum atomic E-state index is 5.86. The van der Waals surface area contributed by atoms with Crippen LogP contribution in [0.3, 0.4) is 0 Å². The monoisotopic (exact) mass is 248 g/mol. The average molecular weight is 248 g/mol. The predicted octanol–water partition coefficient (Wildman–Crippen LogP) is 1.45. The van der Waals surface area contributed by atoms with Crippen molar-refractivity contribution in [3.05, 3.63) is 41.6 Å². The van der Waals surface area contributed by atoms with E-state index in [2.05, 4.69) is 10.00 Å². The lowest BCUT2D eigenvalue weighted by atomic mass is 10.1. The van der Waals surface area contributed by atoms with Gasteiger partial charge in [0.25, 0.3) is 0 Å². The lowest BCUT2D eigenvalue weighted by Gasteiger charge is -2.25. The number of nitrogens with two attached hydrogens (primary N) is 1. The molecular weight excluding hydrogens is 228 g/mol. The molecule has 0 bridgehead atoms. The molecule has 1 unspecified atom stereocenters. The Morgan fingerprint density at radius 2 is 2.28 bits per heavy atom. The first kappa shape index (κ1) is 12.9. The van der Waals surface area contributed by atoms with E-state index in [1.165, 1.54) is 0 Å². The SMILES string of the molecule is Cc1ccc(CN(C)C(CN)c2cnn(C)c2)o1. The molecule has 98 valence electrons. The zero-order valence-corrected chi connectivity index (χ0v) is 11.1. The van der Waals surface area contributed by atoms with Gasteiger partial charge in [0.1, 0.15) is 11.5 Å². The first-order valence-corrected chi connectivity index (χ1v) is 6.04. The van der Waals surface area contributed by atoms with Gasteiger partial charge in [-0.1, -0.05) is 0 Å². The second-order valence-corrected chi connectivity index (χ2v) is 4.63. The summed E-state index contributed by atoms with van der Waals surface area (Å²) in [7, 11) is 3.95. The Bertz CT molecular complexity index is 503. The minimum Gasteiger partial charge on any atom is -0.465 e. The summed E-state index contributed by atoms with van der Waals surface area (Å²) in [5, 5.41) is 4.19. The molecule has 0 fully saturated rings. The molecule has 5 nitrogen and oxygen atoms in total. The number of hydrogen-bond donors (Lipinski definition) is 1. The van der Waals surface area contributed by atoms with Crippen LogP contribution in [0.2, 0.25) is 0 Å². The van der Waals surface area contributed by atoms with Crippen LogP contribution < -0.4 is 5.73 Å². The molecule has 2 aromatic heterocycles. The summed E-state index contributed by atoms with van der Waals surface area (Å²) in [5.74, 6) is 1.89. The van der Waals surface area contributed by atoms with Gasteiger partial charge in [-0.2, -0.15) is 5.10 Å². The van der Waals surface area contributed by atoms with Crippen LogP contribution in [0.25, 0.3) is 0 Å². The van der Waals surface area contributed by atoms with Crippen molar-refractivity contribution < 1.29 is 4.42 Å². The van der Waals surface area contributed by atoms with Gasteiger partial charge in [-0.3, -0.25) is 9.58 Å². The molecular formula is C13H20N4O. The Morgan fingerprint density at radius 3 is 2.78 bits per heavy atom. The van der Waals surface area contributed by atoms with Gasteiger partial charge in [0.2, 0.25) is 0 Å².